The van der Waals surface area contributed by atoms with Crippen LogP contribution in [0.25, 0.3) is 0 Å². The number of hydrogen-bond donors (Lipinski definition) is 2. The Morgan fingerprint density at radius 2 is 2.26 bits per heavy atom. The maximum atomic E-state index is 12.4. The third-order valence-corrected chi connectivity index (χ3v) is 4.87. The molecular weight excluding hydrogens is 272 g/mol. The number of esters is 1. The lowest BCUT2D eigenvalue weighted by Crippen LogP contribution is -2.33. The monoisotopic (exact) mass is 288 g/mol. The summed E-state index contributed by atoms with van der Waals surface area (Å²) in [4.78, 5) is 11.7. The van der Waals surface area contributed by atoms with Crippen molar-refractivity contribution in [2.24, 2.45) is 5.73 Å². The molecule has 19 heavy (non-hydrogen) atoms. The number of sulfonamides is 1. The molecule has 8 nitrogen and oxygen atoms in total. The van der Waals surface area contributed by atoms with Gasteiger partial charge in [-0.1, -0.05) is 0 Å². The van der Waals surface area contributed by atoms with Crippen LogP contribution < -0.4 is 5.73 Å². The highest BCUT2D eigenvalue weighted by Crippen LogP contribution is 2.24. The standard InChI is InChI=1S/C10H16N4O4S/c1-6-8(10(15)18-2)9(13-12-6)19(16,17)14-4-3-7(11)5-14/h7H,3-5,11H2,1-2H3,(H,12,13)/t7-/m0/s1. The lowest BCUT2D eigenvalue weighted by atomic mass is 10.3. The van der Waals surface area contributed by atoms with Gasteiger partial charge < -0.3 is 10.5 Å². The van der Waals surface area contributed by atoms with Gasteiger partial charge in [-0.2, -0.15) is 9.40 Å². The molecule has 1 aliphatic heterocycles. The van der Waals surface area contributed by atoms with E-state index in [2.05, 4.69) is 14.9 Å². The molecule has 2 heterocycles. The van der Waals surface area contributed by atoms with Crippen LogP contribution in [-0.2, 0) is 14.8 Å². The third kappa shape index (κ3) is 2.36. The van der Waals surface area contributed by atoms with Crippen LogP contribution in [0, 0.1) is 6.92 Å². The van der Waals surface area contributed by atoms with Crippen LogP contribution in [0.15, 0.2) is 5.03 Å². The first-order valence-corrected chi connectivity index (χ1v) is 7.21. The van der Waals surface area contributed by atoms with Crippen molar-refractivity contribution in [2.45, 2.75) is 24.4 Å². The first-order chi connectivity index (χ1) is 8.87. The van der Waals surface area contributed by atoms with Gasteiger partial charge in [-0.15, -0.1) is 0 Å². The highest BCUT2D eigenvalue weighted by atomic mass is 32.2. The number of nitrogens with one attached hydrogen (secondary N) is 1. The Bertz CT molecular complexity index is 595. The maximum absolute atomic E-state index is 12.4. The minimum atomic E-state index is -3.83. The minimum absolute atomic E-state index is 0.0528. The van der Waals surface area contributed by atoms with E-state index in [0.717, 1.165) is 0 Å². The number of aromatic amines is 1. The van der Waals surface area contributed by atoms with Crippen LogP contribution in [0.1, 0.15) is 22.5 Å². The summed E-state index contributed by atoms with van der Waals surface area (Å²) in [5.74, 6) is -0.728. The number of nitrogens with zero attached hydrogens (tertiary/aromatic N) is 2. The SMILES string of the molecule is COC(=O)c1c(S(=O)(=O)N2CC[C@H](N)C2)n[nH]c1C. The van der Waals surface area contributed by atoms with E-state index in [9.17, 15) is 13.2 Å². The van der Waals surface area contributed by atoms with Gasteiger partial charge in [-0.25, -0.2) is 13.2 Å². The molecule has 0 amide bonds. The van der Waals surface area contributed by atoms with E-state index in [-0.39, 0.29) is 23.2 Å². The number of ether oxygens (including phenoxy) is 1. The van der Waals surface area contributed by atoms with E-state index in [1.807, 2.05) is 0 Å². The van der Waals surface area contributed by atoms with Gasteiger partial charge in [0.2, 0.25) is 5.03 Å². The number of carbonyl (C=O) groups excluding carboxylic acids is 1. The van der Waals surface area contributed by atoms with Gasteiger partial charge in [0.1, 0.15) is 5.56 Å². The molecule has 2 rings (SSSR count). The zero-order valence-corrected chi connectivity index (χ0v) is 11.5. The van der Waals surface area contributed by atoms with E-state index in [0.29, 0.717) is 18.7 Å². The Hall–Kier alpha value is -1.45. The lowest BCUT2D eigenvalue weighted by Gasteiger charge is -2.14. The Labute approximate surface area is 111 Å². The smallest absolute Gasteiger partial charge is 0.342 e. The third-order valence-electron chi connectivity index (χ3n) is 3.08. The molecule has 0 saturated carbocycles. The summed E-state index contributed by atoms with van der Waals surface area (Å²) >= 11 is 0. The quantitative estimate of drug-likeness (QED) is 0.705. The summed E-state index contributed by atoms with van der Waals surface area (Å²) in [6.07, 6.45) is 0.593. The zero-order chi connectivity index (χ0) is 14.2. The fraction of sp³-hybridized carbons (Fsp3) is 0.600. The van der Waals surface area contributed by atoms with E-state index >= 15 is 0 Å². The number of H-pyrrole nitrogens is 1. The second kappa shape index (κ2) is 4.91. The number of hydrogen-bond acceptors (Lipinski definition) is 6. The highest BCUT2D eigenvalue weighted by molar-refractivity contribution is 7.89. The molecule has 0 unspecified atom stereocenters. The molecule has 1 fully saturated rings. The molecular formula is C10H16N4O4S. The number of carbonyl (C=O) groups is 1. The molecule has 3 N–H and O–H groups in total. The van der Waals surface area contributed by atoms with Crippen molar-refractivity contribution in [3.63, 3.8) is 0 Å². The van der Waals surface area contributed by atoms with E-state index in [1.165, 1.54) is 11.4 Å². The first kappa shape index (κ1) is 14.0. The van der Waals surface area contributed by atoms with Gasteiger partial charge >= 0.3 is 5.97 Å². The number of rotatable bonds is 3. The normalized spacial score (nSPS) is 20.7. The fourth-order valence-corrected chi connectivity index (χ4v) is 3.66. The molecule has 0 aliphatic carbocycles. The van der Waals surface area contributed by atoms with Crippen molar-refractivity contribution < 1.29 is 17.9 Å². The molecule has 0 spiro atoms. The molecule has 1 saturated heterocycles. The highest BCUT2D eigenvalue weighted by Gasteiger charge is 2.36. The predicted molar refractivity (Wildman–Crippen MR) is 66.0 cm³/mol. The molecule has 0 aromatic carbocycles. The van der Waals surface area contributed by atoms with Crippen molar-refractivity contribution in [1.82, 2.24) is 14.5 Å². The Kier molecular flexibility index (Phi) is 3.61. The maximum Gasteiger partial charge on any atom is 0.342 e. The van der Waals surface area contributed by atoms with Crippen LogP contribution in [0.3, 0.4) is 0 Å². The van der Waals surface area contributed by atoms with Crippen molar-refractivity contribution in [3.05, 3.63) is 11.3 Å². The van der Waals surface area contributed by atoms with Crippen LogP contribution in [0.2, 0.25) is 0 Å². The van der Waals surface area contributed by atoms with Crippen LogP contribution in [0.4, 0.5) is 0 Å². The summed E-state index contributed by atoms with van der Waals surface area (Å²) < 4.78 is 30.7. The Morgan fingerprint density at radius 3 is 2.79 bits per heavy atom. The number of methoxy groups -OCH3 is 1. The average Bonchev–Trinajstić information content (AvgIpc) is 2.95. The second-order valence-corrected chi connectivity index (χ2v) is 6.29. The number of aryl methyl sites for hydroxylation is 1. The van der Waals surface area contributed by atoms with Gasteiger partial charge in [0.05, 0.1) is 7.11 Å². The largest absolute Gasteiger partial charge is 0.465 e. The van der Waals surface area contributed by atoms with Crippen molar-refractivity contribution in [2.75, 3.05) is 20.2 Å². The Morgan fingerprint density at radius 1 is 1.58 bits per heavy atom. The second-order valence-electron chi connectivity index (χ2n) is 4.43. The molecule has 1 aromatic rings. The molecule has 1 aliphatic rings. The van der Waals surface area contributed by atoms with Gasteiger partial charge in [0.15, 0.2) is 0 Å². The number of nitrogens with two attached hydrogens (primary N) is 1. The van der Waals surface area contributed by atoms with Gasteiger partial charge in [0, 0.05) is 24.8 Å². The Balaban J connectivity index is 2.44. The van der Waals surface area contributed by atoms with Crippen LogP contribution >= 0.6 is 0 Å². The van der Waals surface area contributed by atoms with Crippen LogP contribution in [-0.4, -0.2) is 55.1 Å². The lowest BCUT2D eigenvalue weighted by molar-refractivity contribution is 0.0595. The topological polar surface area (TPSA) is 118 Å². The molecule has 1 atom stereocenters. The van der Waals surface area contributed by atoms with Crippen molar-refractivity contribution in [3.8, 4) is 0 Å². The van der Waals surface area contributed by atoms with Crippen molar-refractivity contribution in [1.29, 1.82) is 0 Å². The summed E-state index contributed by atoms with van der Waals surface area (Å²) in [7, 11) is -2.64. The fourth-order valence-electron chi connectivity index (χ4n) is 2.03. The van der Waals surface area contributed by atoms with E-state index in [4.69, 9.17) is 5.73 Å². The molecule has 9 heteroatoms. The molecule has 0 radical (unpaired) electrons. The van der Waals surface area contributed by atoms with E-state index < -0.39 is 16.0 Å². The zero-order valence-electron chi connectivity index (χ0n) is 10.7. The van der Waals surface area contributed by atoms with E-state index in [1.54, 1.807) is 6.92 Å². The van der Waals surface area contributed by atoms with Gasteiger partial charge in [-0.3, -0.25) is 5.10 Å². The summed E-state index contributed by atoms with van der Waals surface area (Å²) in [5, 5.41) is 5.94. The summed E-state index contributed by atoms with van der Waals surface area (Å²) in [6, 6.07) is -0.184. The molecule has 106 valence electrons. The molecule has 1 aromatic heterocycles. The first-order valence-electron chi connectivity index (χ1n) is 5.77. The number of aromatic nitrogens is 2. The summed E-state index contributed by atoms with van der Waals surface area (Å²) in [5.41, 5.74) is 6.01. The van der Waals surface area contributed by atoms with Crippen LogP contribution in [0.5, 0.6) is 0 Å². The van der Waals surface area contributed by atoms with Gasteiger partial charge in [0.25, 0.3) is 10.0 Å². The van der Waals surface area contributed by atoms with Gasteiger partial charge in [-0.05, 0) is 13.3 Å². The molecule has 0 bridgehead atoms. The predicted octanol–water partition coefficient (Wildman–Crippen LogP) is -0.774. The average molecular weight is 288 g/mol. The minimum Gasteiger partial charge on any atom is -0.465 e. The van der Waals surface area contributed by atoms with Crippen molar-refractivity contribution >= 4 is 16.0 Å². The summed E-state index contributed by atoms with van der Waals surface area (Å²) in [6.45, 7) is 2.12.